The number of piperidine rings is 1. The number of fused-ring (bicyclic) bond motifs is 2. The largest absolute Gasteiger partial charge is 0.371 e. The third-order valence-corrected chi connectivity index (χ3v) is 6.05. The number of carbonyl (C=O) groups excluding carboxylic acids is 1. The van der Waals surface area contributed by atoms with E-state index < -0.39 is 6.17 Å². The molecule has 150 valence electrons. The molecule has 0 bridgehead atoms. The fourth-order valence-electron chi connectivity index (χ4n) is 4.56. The first-order valence-electron chi connectivity index (χ1n) is 10.2. The minimum atomic E-state index is -0.680. The quantitative estimate of drug-likeness (QED) is 0.621. The van der Waals surface area contributed by atoms with Crippen LogP contribution in [0.5, 0.6) is 0 Å². The van der Waals surface area contributed by atoms with Gasteiger partial charge in [0.2, 0.25) is 0 Å². The van der Waals surface area contributed by atoms with Crippen LogP contribution in [0.2, 0.25) is 0 Å². The number of halogens is 1. The van der Waals surface area contributed by atoms with Gasteiger partial charge in [-0.05, 0) is 55.0 Å². The van der Waals surface area contributed by atoms with Crippen molar-refractivity contribution in [3.8, 4) is 0 Å². The molecule has 2 aliphatic rings. The second kappa shape index (κ2) is 7.39. The average Bonchev–Trinajstić information content (AvgIpc) is 3.36. The summed E-state index contributed by atoms with van der Waals surface area (Å²) in [6.07, 6.45) is 4.00. The van der Waals surface area contributed by atoms with E-state index in [9.17, 15) is 9.18 Å². The lowest BCUT2D eigenvalue weighted by Gasteiger charge is -2.32. The Morgan fingerprint density at radius 2 is 1.97 bits per heavy atom. The number of carbonyl (C=O) groups is 1. The Labute approximate surface area is 168 Å². The minimum Gasteiger partial charge on any atom is -0.371 e. The maximum absolute atomic E-state index is 13.5. The molecule has 2 aromatic carbocycles. The van der Waals surface area contributed by atoms with Gasteiger partial charge in [0.15, 0.2) is 0 Å². The van der Waals surface area contributed by atoms with Gasteiger partial charge in [-0.1, -0.05) is 18.2 Å². The van der Waals surface area contributed by atoms with Crippen molar-refractivity contribution < 1.29 is 9.18 Å². The number of urea groups is 1. The summed E-state index contributed by atoms with van der Waals surface area (Å²) in [4.78, 5) is 15.0. The highest BCUT2D eigenvalue weighted by Gasteiger charge is 2.29. The summed E-state index contributed by atoms with van der Waals surface area (Å²) in [5.41, 5.74) is 5.27. The van der Waals surface area contributed by atoms with Crippen molar-refractivity contribution in [1.82, 2.24) is 15.5 Å². The van der Waals surface area contributed by atoms with E-state index in [0.717, 1.165) is 42.5 Å². The fraction of sp³-hybridized carbons (Fsp3) is 0.364. The van der Waals surface area contributed by atoms with Gasteiger partial charge >= 0.3 is 6.03 Å². The zero-order valence-corrected chi connectivity index (χ0v) is 16.1. The third-order valence-electron chi connectivity index (χ3n) is 6.05. The van der Waals surface area contributed by atoms with Crippen LogP contribution in [0.15, 0.2) is 42.6 Å². The van der Waals surface area contributed by atoms with E-state index in [1.807, 2.05) is 24.3 Å². The molecular formula is C22H24FN5O. The molecule has 1 saturated heterocycles. The summed E-state index contributed by atoms with van der Waals surface area (Å²) >= 11 is 0. The van der Waals surface area contributed by atoms with Crippen LogP contribution in [0.4, 0.5) is 20.6 Å². The molecule has 1 aliphatic heterocycles. The Balaban J connectivity index is 1.31. The summed E-state index contributed by atoms with van der Waals surface area (Å²) in [6, 6.07) is 11.7. The van der Waals surface area contributed by atoms with Gasteiger partial charge in [0.1, 0.15) is 6.17 Å². The second-order valence-corrected chi connectivity index (χ2v) is 7.83. The van der Waals surface area contributed by atoms with Gasteiger partial charge in [-0.15, -0.1) is 0 Å². The Morgan fingerprint density at radius 3 is 2.83 bits per heavy atom. The molecule has 1 atom stereocenters. The van der Waals surface area contributed by atoms with Crippen molar-refractivity contribution in [2.75, 3.05) is 23.3 Å². The first-order valence-corrected chi connectivity index (χ1v) is 10.2. The number of alkyl halides is 1. The number of nitrogens with one attached hydrogen (secondary N) is 3. The fourth-order valence-corrected chi connectivity index (χ4v) is 4.56. The third kappa shape index (κ3) is 3.41. The molecule has 1 unspecified atom stereocenters. The van der Waals surface area contributed by atoms with E-state index >= 15 is 0 Å². The highest BCUT2D eigenvalue weighted by molar-refractivity contribution is 6.00. The molecule has 2 amide bonds. The Kier molecular flexibility index (Phi) is 4.58. The van der Waals surface area contributed by atoms with Crippen LogP contribution in [-0.2, 0) is 6.42 Å². The lowest BCUT2D eigenvalue weighted by atomic mass is 10.0. The molecule has 1 fully saturated rings. The monoisotopic (exact) mass is 393 g/mol. The predicted octanol–water partition coefficient (Wildman–Crippen LogP) is 4.31. The van der Waals surface area contributed by atoms with Crippen molar-refractivity contribution >= 4 is 28.3 Å². The van der Waals surface area contributed by atoms with Crippen LogP contribution in [0, 0.1) is 0 Å². The zero-order valence-electron chi connectivity index (χ0n) is 16.1. The van der Waals surface area contributed by atoms with Gasteiger partial charge in [-0.3, -0.25) is 5.10 Å². The minimum absolute atomic E-state index is 0.0211. The first-order chi connectivity index (χ1) is 14.2. The molecule has 0 radical (unpaired) electrons. The van der Waals surface area contributed by atoms with Gasteiger partial charge in [-0.25, -0.2) is 9.18 Å². The standard InChI is InChI=1S/C22H24FN5O/c23-14-9-11-28(12-10-14)21-6-1-3-15-16(21)7-8-19(15)26-22(29)25-18-4-2-5-20-17(18)13-24-27-20/h1-6,13-14,19H,7-12H2,(H,24,27)(H2,25,26,29). The molecule has 3 aromatic rings. The summed E-state index contributed by atoms with van der Waals surface area (Å²) in [6.45, 7) is 1.51. The average molecular weight is 393 g/mol. The van der Waals surface area contributed by atoms with Crippen LogP contribution >= 0.6 is 0 Å². The Morgan fingerprint density at radius 1 is 1.14 bits per heavy atom. The number of rotatable bonds is 3. The van der Waals surface area contributed by atoms with E-state index in [0.29, 0.717) is 12.8 Å². The second-order valence-electron chi connectivity index (χ2n) is 7.83. The smallest absolute Gasteiger partial charge is 0.319 e. The molecule has 0 saturated carbocycles. The van der Waals surface area contributed by atoms with Crippen molar-refractivity contribution in [2.45, 2.75) is 37.9 Å². The van der Waals surface area contributed by atoms with Crippen molar-refractivity contribution in [2.24, 2.45) is 0 Å². The highest BCUT2D eigenvalue weighted by atomic mass is 19.1. The molecule has 0 spiro atoms. The predicted molar refractivity (Wildman–Crippen MR) is 112 cm³/mol. The van der Waals surface area contributed by atoms with Crippen LogP contribution < -0.4 is 15.5 Å². The van der Waals surface area contributed by atoms with Gasteiger partial charge in [0.25, 0.3) is 0 Å². The van der Waals surface area contributed by atoms with Crippen molar-refractivity contribution in [3.63, 3.8) is 0 Å². The Bertz CT molecular complexity index is 1040. The van der Waals surface area contributed by atoms with E-state index in [2.05, 4.69) is 37.9 Å². The molecule has 1 aromatic heterocycles. The number of anilines is 2. The maximum atomic E-state index is 13.5. The first kappa shape index (κ1) is 18.0. The van der Waals surface area contributed by atoms with Crippen LogP contribution in [-0.4, -0.2) is 35.5 Å². The summed E-state index contributed by atoms with van der Waals surface area (Å²) in [5.74, 6) is 0. The molecule has 29 heavy (non-hydrogen) atoms. The molecule has 5 rings (SSSR count). The van der Waals surface area contributed by atoms with Gasteiger partial charge in [-0.2, -0.15) is 5.10 Å². The topological polar surface area (TPSA) is 73.0 Å². The number of hydrogen-bond donors (Lipinski definition) is 3. The number of nitrogens with zero attached hydrogens (tertiary/aromatic N) is 2. The number of aromatic amines is 1. The van der Waals surface area contributed by atoms with Gasteiger partial charge < -0.3 is 15.5 Å². The lowest BCUT2D eigenvalue weighted by Crippen LogP contribution is -2.35. The van der Waals surface area contributed by atoms with E-state index in [1.54, 1.807) is 6.20 Å². The van der Waals surface area contributed by atoms with E-state index in [4.69, 9.17) is 0 Å². The molecule has 6 nitrogen and oxygen atoms in total. The van der Waals surface area contributed by atoms with Crippen LogP contribution in [0.3, 0.4) is 0 Å². The molecule has 2 heterocycles. The number of hydrogen-bond acceptors (Lipinski definition) is 3. The van der Waals surface area contributed by atoms with Gasteiger partial charge in [0.05, 0.1) is 23.4 Å². The highest BCUT2D eigenvalue weighted by Crippen LogP contribution is 2.38. The number of benzene rings is 2. The molecule has 7 heteroatoms. The van der Waals surface area contributed by atoms with Crippen molar-refractivity contribution in [3.05, 3.63) is 53.7 Å². The van der Waals surface area contributed by atoms with Crippen molar-refractivity contribution in [1.29, 1.82) is 0 Å². The normalized spacial score (nSPS) is 19.3. The van der Waals surface area contributed by atoms with E-state index in [-0.39, 0.29) is 12.1 Å². The molecule has 3 N–H and O–H groups in total. The summed E-state index contributed by atoms with van der Waals surface area (Å²) < 4.78 is 13.5. The number of amides is 2. The molecular weight excluding hydrogens is 369 g/mol. The van der Waals surface area contributed by atoms with Crippen LogP contribution in [0.1, 0.15) is 36.4 Å². The lowest BCUT2D eigenvalue weighted by molar-refractivity contribution is 0.248. The molecule has 1 aliphatic carbocycles. The zero-order chi connectivity index (χ0) is 19.8. The Hall–Kier alpha value is -3.09. The van der Waals surface area contributed by atoms with E-state index in [1.165, 1.54) is 16.8 Å². The number of H-pyrrole nitrogens is 1. The maximum Gasteiger partial charge on any atom is 0.319 e. The van der Waals surface area contributed by atoms with Crippen LogP contribution in [0.25, 0.3) is 10.9 Å². The van der Waals surface area contributed by atoms with Gasteiger partial charge in [0, 0.05) is 24.2 Å². The number of aromatic nitrogens is 2. The SMILES string of the molecule is O=C(Nc1cccc2[nH]ncc12)NC1CCc2c1cccc2N1CCC(F)CC1. The summed E-state index contributed by atoms with van der Waals surface area (Å²) in [5, 5.41) is 13.9. The summed E-state index contributed by atoms with van der Waals surface area (Å²) in [7, 11) is 0.